The van der Waals surface area contributed by atoms with Crippen LogP contribution < -0.4 is 10.2 Å². The van der Waals surface area contributed by atoms with Gasteiger partial charge in [-0.1, -0.05) is 30.3 Å². The van der Waals surface area contributed by atoms with Crippen molar-refractivity contribution < 1.29 is 0 Å². The van der Waals surface area contributed by atoms with Crippen molar-refractivity contribution in [3.05, 3.63) is 42.5 Å². The maximum absolute atomic E-state index is 4.33. The quantitative estimate of drug-likeness (QED) is 0.799. The molecular formula is C14H15N4. The Bertz CT molecular complexity index is 489. The number of anilines is 1. The minimum Gasteiger partial charge on any atom is -0.352 e. The maximum Gasteiger partial charge on any atom is 0.151 e. The normalized spacial score (nSPS) is 15.7. The summed E-state index contributed by atoms with van der Waals surface area (Å²) in [6.45, 7) is 3.67. The van der Waals surface area contributed by atoms with Crippen molar-refractivity contribution in [2.24, 2.45) is 0 Å². The second kappa shape index (κ2) is 5.14. The van der Waals surface area contributed by atoms with E-state index in [0.29, 0.717) is 0 Å². The SMILES string of the molecule is c1ccc(-c2ccc(N3CC[N]CC3)nn2)cc1. The molecule has 0 saturated carbocycles. The van der Waals surface area contributed by atoms with Crippen LogP contribution in [0.2, 0.25) is 0 Å². The monoisotopic (exact) mass is 239 g/mol. The Morgan fingerprint density at radius 3 is 2.28 bits per heavy atom. The molecule has 2 heterocycles. The van der Waals surface area contributed by atoms with Crippen LogP contribution >= 0.6 is 0 Å². The second-order valence-corrected chi connectivity index (χ2v) is 4.30. The Kier molecular flexibility index (Phi) is 3.19. The fourth-order valence-electron chi connectivity index (χ4n) is 2.09. The minimum atomic E-state index is 0.891. The van der Waals surface area contributed by atoms with Gasteiger partial charge in [0.15, 0.2) is 5.82 Å². The standard InChI is InChI=1S/C14H15N4/c1-2-4-12(5-3-1)13-6-7-14(17-16-13)18-10-8-15-9-11-18/h1-7H,8-11H2. The number of aromatic nitrogens is 2. The smallest absolute Gasteiger partial charge is 0.151 e. The zero-order valence-electron chi connectivity index (χ0n) is 10.2. The van der Waals surface area contributed by atoms with Gasteiger partial charge in [-0.05, 0) is 12.1 Å². The van der Waals surface area contributed by atoms with E-state index in [1.807, 2.05) is 42.5 Å². The van der Waals surface area contributed by atoms with Crippen LogP contribution in [0.4, 0.5) is 5.82 Å². The average Bonchev–Trinajstić information content (AvgIpc) is 2.49. The molecule has 4 nitrogen and oxygen atoms in total. The van der Waals surface area contributed by atoms with Gasteiger partial charge in [0.1, 0.15) is 0 Å². The van der Waals surface area contributed by atoms with Crippen molar-refractivity contribution in [2.45, 2.75) is 0 Å². The summed E-state index contributed by atoms with van der Waals surface area (Å²) >= 11 is 0. The number of rotatable bonds is 2. The van der Waals surface area contributed by atoms with Crippen LogP contribution in [0.15, 0.2) is 42.5 Å². The molecule has 1 aliphatic heterocycles. The van der Waals surface area contributed by atoms with Gasteiger partial charge in [-0.15, -0.1) is 10.2 Å². The third-order valence-corrected chi connectivity index (χ3v) is 3.10. The van der Waals surface area contributed by atoms with Crippen molar-refractivity contribution in [1.82, 2.24) is 15.5 Å². The fourth-order valence-corrected chi connectivity index (χ4v) is 2.09. The Hall–Kier alpha value is -1.94. The van der Waals surface area contributed by atoms with Crippen molar-refractivity contribution in [3.8, 4) is 11.3 Å². The van der Waals surface area contributed by atoms with E-state index in [-0.39, 0.29) is 0 Å². The van der Waals surface area contributed by atoms with Gasteiger partial charge in [0.2, 0.25) is 0 Å². The number of benzene rings is 1. The Balaban J connectivity index is 1.80. The minimum absolute atomic E-state index is 0.891. The van der Waals surface area contributed by atoms with Gasteiger partial charge in [0.05, 0.1) is 5.69 Å². The summed E-state index contributed by atoms with van der Waals surface area (Å²) in [5, 5.41) is 12.9. The fraction of sp³-hybridized carbons (Fsp3) is 0.286. The van der Waals surface area contributed by atoms with Gasteiger partial charge < -0.3 is 4.90 Å². The van der Waals surface area contributed by atoms with Crippen LogP contribution in [0.5, 0.6) is 0 Å². The molecule has 0 spiro atoms. The summed E-state index contributed by atoms with van der Waals surface area (Å²) in [4.78, 5) is 2.23. The molecule has 4 heteroatoms. The Morgan fingerprint density at radius 1 is 0.833 bits per heavy atom. The summed E-state index contributed by atoms with van der Waals surface area (Å²) in [5.74, 6) is 0.949. The second-order valence-electron chi connectivity index (χ2n) is 4.30. The van der Waals surface area contributed by atoms with Gasteiger partial charge in [-0.3, -0.25) is 0 Å². The molecule has 0 atom stereocenters. The highest BCUT2D eigenvalue weighted by Crippen LogP contribution is 2.18. The molecule has 1 aliphatic rings. The number of piperazine rings is 1. The lowest BCUT2D eigenvalue weighted by Crippen LogP contribution is -2.40. The molecule has 0 amide bonds. The number of hydrogen-bond donors (Lipinski definition) is 0. The Labute approximate surface area is 107 Å². The summed E-state index contributed by atoms with van der Waals surface area (Å²) < 4.78 is 0. The Morgan fingerprint density at radius 2 is 1.61 bits per heavy atom. The number of nitrogens with zero attached hydrogens (tertiary/aromatic N) is 4. The van der Waals surface area contributed by atoms with Gasteiger partial charge in [0, 0.05) is 31.7 Å². The predicted molar refractivity (Wildman–Crippen MR) is 71.5 cm³/mol. The lowest BCUT2D eigenvalue weighted by molar-refractivity contribution is 0.573. The van der Waals surface area contributed by atoms with E-state index in [0.717, 1.165) is 43.3 Å². The molecule has 18 heavy (non-hydrogen) atoms. The first-order valence-electron chi connectivity index (χ1n) is 6.21. The van der Waals surface area contributed by atoms with Crippen molar-refractivity contribution >= 4 is 5.82 Å². The van der Waals surface area contributed by atoms with E-state index in [1.165, 1.54) is 0 Å². The van der Waals surface area contributed by atoms with Crippen LogP contribution in [-0.2, 0) is 0 Å². The van der Waals surface area contributed by atoms with Crippen molar-refractivity contribution in [3.63, 3.8) is 0 Å². The van der Waals surface area contributed by atoms with Crippen LogP contribution in [0.3, 0.4) is 0 Å². The first-order valence-corrected chi connectivity index (χ1v) is 6.21. The molecule has 0 aliphatic carbocycles. The van der Waals surface area contributed by atoms with Crippen molar-refractivity contribution in [1.29, 1.82) is 0 Å². The van der Waals surface area contributed by atoms with Crippen LogP contribution in [0.1, 0.15) is 0 Å². The molecule has 3 rings (SSSR count). The maximum atomic E-state index is 4.33. The third-order valence-electron chi connectivity index (χ3n) is 3.10. The molecule has 1 aromatic heterocycles. The van der Waals surface area contributed by atoms with E-state index < -0.39 is 0 Å². The molecular weight excluding hydrogens is 224 g/mol. The van der Waals surface area contributed by atoms with Gasteiger partial charge in [-0.2, -0.15) is 0 Å². The average molecular weight is 239 g/mol. The first-order chi connectivity index (χ1) is 8.93. The van der Waals surface area contributed by atoms with E-state index >= 15 is 0 Å². The van der Waals surface area contributed by atoms with E-state index in [4.69, 9.17) is 0 Å². The summed E-state index contributed by atoms with van der Waals surface area (Å²) in [6.07, 6.45) is 0. The topological polar surface area (TPSA) is 43.1 Å². The van der Waals surface area contributed by atoms with E-state index in [1.54, 1.807) is 0 Å². The summed E-state index contributed by atoms with van der Waals surface area (Å²) in [6, 6.07) is 14.2. The molecule has 1 aromatic carbocycles. The van der Waals surface area contributed by atoms with E-state index in [2.05, 4.69) is 20.4 Å². The molecule has 2 aromatic rings. The third kappa shape index (κ3) is 2.33. The van der Waals surface area contributed by atoms with Gasteiger partial charge >= 0.3 is 0 Å². The van der Waals surface area contributed by atoms with Crippen LogP contribution in [-0.4, -0.2) is 36.4 Å². The summed E-state index contributed by atoms with van der Waals surface area (Å²) in [7, 11) is 0. The van der Waals surface area contributed by atoms with Crippen LogP contribution in [0, 0.1) is 0 Å². The highest BCUT2D eigenvalue weighted by atomic mass is 15.3. The zero-order valence-corrected chi connectivity index (χ0v) is 10.2. The molecule has 91 valence electrons. The molecule has 0 N–H and O–H groups in total. The molecule has 0 unspecified atom stereocenters. The summed E-state index contributed by atoms with van der Waals surface area (Å²) in [5.41, 5.74) is 2.02. The lowest BCUT2D eigenvalue weighted by Gasteiger charge is -2.26. The highest BCUT2D eigenvalue weighted by molar-refractivity contribution is 5.59. The molecule has 1 fully saturated rings. The van der Waals surface area contributed by atoms with Crippen molar-refractivity contribution in [2.75, 3.05) is 31.1 Å². The van der Waals surface area contributed by atoms with Gasteiger partial charge in [-0.25, -0.2) is 5.32 Å². The number of hydrogen-bond acceptors (Lipinski definition) is 3. The molecule has 0 bridgehead atoms. The first kappa shape index (κ1) is 11.2. The van der Waals surface area contributed by atoms with Crippen LogP contribution in [0.25, 0.3) is 11.3 Å². The lowest BCUT2D eigenvalue weighted by atomic mass is 10.1. The van der Waals surface area contributed by atoms with E-state index in [9.17, 15) is 0 Å². The highest BCUT2D eigenvalue weighted by Gasteiger charge is 2.12. The largest absolute Gasteiger partial charge is 0.352 e. The molecule has 1 saturated heterocycles. The zero-order chi connectivity index (χ0) is 12.2. The predicted octanol–water partition coefficient (Wildman–Crippen LogP) is 1.57. The van der Waals surface area contributed by atoms with Gasteiger partial charge in [0.25, 0.3) is 0 Å². The molecule has 1 radical (unpaired) electrons.